The SMILES string of the molecule is Fc1ccccc1C#Cc1cccc2nccnc12. The smallest absolute Gasteiger partial charge is 0.138 e. The van der Waals surface area contributed by atoms with Crippen LogP contribution in [0.1, 0.15) is 11.1 Å². The fraction of sp³-hybridized carbons (Fsp3) is 0. The molecule has 0 radical (unpaired) electrons. The first-order chi connectivity index (χ1) is 9.34. The van der Waals surface area contributed by atoms with Crippen LogP contribution in [0.4, 0.5) is 4.39 Å². The second kappa shape index (κ2) is 4.87. The summed E-state index contributed by atoms with van der Waals surface area (Å²) < 4.78 is 13.5. The summed E-state index contributed by atoms with van der Waals surface area (Å²) in [5, 5.41) is 0. The fourth-order valence-electron chi connectivity index (χ4n) is 1.79. The van der Waals surface area contributed by atoms with E-state index in [1.54, 1.807) is 30.6 Å². The van der Waals surface area contributed by atoms with E-state index in [2.05, 4.69) is 21.8 Å². The molecule has 3 rings (SSSR count). The van der Waals surface area contributed by atoms with Crippen molar-refractivity contribution in [2.45, 2.75) is 0 Å². The van der Waals surface area contributed by atoms with Gasteiger partial charge < -0.3 is 0 Å². The van der Waals surface area contributed by atoms with Crippen molar-refractivity contribution < 1.29 is 4.39 Å². The highest BCUT2D eigenvalue weighted by Crippen LogP contribution is 2.13. The van der Waals surface area contributed by atoms with Crippen LogP contribution in [0.3, 0.4) is 0 Å². The number of hydrogen-bond acceptors (Lipinski definition) is 2. The number of hydrogen-bond donors (Lipinski definition) is 0. The number of aromatic nitrogens is 2. The van der Waals surface area contributed by atoms with E-state index in [0.717, 1.165) is 16.6 Å². The second-order valence-electron chi connectivity index (χ2n) is 3.96. The van der Waals surface area contributed by atoms with E-state index in [1.165, 1.54) is 6.07 Å². The molecule has 0 saturated carbocycles. The van der Waals surface area contributed by atoms with Gasteiger partial charge in [0, 0.05) is 12.4 Å². The van der Waals surface area contributed by atoms with Gasteiger partial charge >= 0.3 is 0 Å². The monoisotopic (exact) mass is 248 g/mol. The van der Waals surface area contributed by atoms with Crippen molar-refractivity contribution in [2.24, 2.45) is 0 Å². The lowest BCUT2D eigenvalue weighted by molar-refractivity contribution is 0.624. The van der Waals surface area contributed by atoms with Crippen molar-refractivity contribution in [3.05, 3.63) is 71.8 Å². The Bertz CT molecular complexity index is 795. The molecule has 0 N–H and O–H groups in total. The Kier molecular flexibility index (Phi) is 2.91. The van der Waals surface area contributed by atoms with Gasteiger partial charge in [-0.2, -0.15) is 0 Å². The van der Waals surface area contributed by atoms with E-state index < -0.39 is 0 Å². The van der Waals surface area contributed by atoms with E-state index >= 15 is 0 Å². The van der Waals surface area contributed by atoms with Crippen LogP contribution in [-0.2, 0) is 0 Å². The molecule has 0 unspecified atom stereocenters. The lowest BCUT2D eigenvalue weighted by Crippen LogP contribution is -1.87. The van der Waals surface area contributed by atoms with Crippen LogP contribution in [0.25, 0.3) is 11.0 Å². The lowest BCUT2D eigenvalue weighted by atomic mass is 10.1. The summed E-state index contributed by atoms with van der Waals surface area (Å²) in [4.78, 5) is 8.47. The zero-order chi connectivity index (χ0) is 13.1. The molecule has 0 aliphatic heterocycles. The Labute approximate surface area is 110 Å². The molecule has 1 aromatic heterocycles. The van der Waals surface area contributed by atoms with E-state index in [1.807, 2.05) is 18.2 Å². The summed E-state index contributed by atoms with van der Waals surface area (Å²) in [6, 6.07) is 12.0. The zero-order valence-electron chi connectivity index (χ0n) is 9.97. The third-order valence-electron chi connectivity index (χ3n) is 2.70. The molecule has 2 aromatic carbocycles. The molecule has 0 bridgehead atoms. The van der Waals surface area contributed by atoms with Crippen LogP contribution in [0.15, 0.2) is 54.9 Å². The molecular weight excluding hydrogens is 239 g/mol. The minimum Gasteiger partial charge on any atom is -0.253 e. The summed E-state index contributed by atoms with van der Waals surface area (Å²) in [7, 11) is 0. The van der Waals surface area contributed by atoms with Gasteiger partial charge in [-0.1, -0.05) is 30.0 Å². The fourth-order valence-corrected chi connectivity index (χ4v) is 1.79. The van der Waals surface area contributed by atoms with Crippen molar-refractivity contribution in [3.8, 4) is 11.8 Å². The molecule has 3 heteroatoms. The minimum absolute atomic E-state index is 0.318. The maximum atomic E-state index is 13.5. The van der Waals surface area contributed by atoms with Crippen molar-refractivity contribution in [3.63, 3.8) is 0 Å². The van der Waals surface area contributed by atoms with Crippen LogP contribution in [0.5, 0.6) is 0 Å². The highest BCUT2D eigenvalue weighted by Gasteiger charge is 2.00. The standard InChI is InChI=1S/C16H9FN2/c17-14-6-2-1-4-12(14)8-9-13-5-3-7-15-16(13)19-11-10-18-15/h1-7,10-11H. The predicted molar refractivity (Wildman–Crippen MR) is 71.9 cm³/mol. The average Bonchev–Trinajstić information content (AvgIpc) is 2.46. The van der Waals surface area contributed by atoms with Gasteiger partial charge in [0.2, 0.25) is 0 Å². The summed E-state index contributed by atoms with van der Waals surface area (Å²) in [6.07, 6.45) is 3.26. The highest BCUT2D eigenvalue weighted by atomic mass is 19.1. The molecule has 19 heavy (non-hydrogen) atoms. The molecule has 3 aromatic rings. The maximum Gasteiger partial charge on any atom is 0.138 e. The van der Waals surface area contributed by atoms with E-state index in [0.29, 0.717) is 5.56 Å². The van der Waals surface area contributed by atoms with Crippen LogP contribution in [0.2, 0.25) is 0 Å². The van der Waals surface area contributed by atoms with Crippen molar-refractivity contribution >= 4 is 11.0 Å². The first kappa shape index (κ1) is 11.4. The zero-order valence-corrected chi connectivity index (χ0v) is 9.97. The van der Waals surface area contributed by atoms with Crippen LogP contribution < -0.4 is 0 Å². The van der Waals surface area contributed by atoms with Crippen molar-refractivity contribution in [2.75, 3.05) is 0 Å². The Hall–Kier alpha value is -2.73. The Morgan fingerprint density at radius 2 is 1.53 bits per heavy atom. The molecule has 0 aliphatic carbocycles. The number of halogens is 1. The van der Waals surface area contributed by atoms with Gasteiger partial charge in [0.05, 0.1) is 16.6 Å². The lowest BCUT2D eigenvalue weighted by Gasteiger charge is -1.97. The van der Waals surface area contributed by atoms with Gasteiger partial charge in [-0.15, -0.1) is 0 Å². The Morgan fingerprint density at radius 3 is 2.42 bits per heavy atom. The van der Waals surface area contributed by atoms with Crippen molar-refractivity contribution in [1.29, 1.82) is 0 Å². The highest BCUT2D eigenvalue weighted by molar-refractivity contribution is 5.80. The van der Waals surface area contributed by atoms with E-state index in [9.17, 15) is 4.39 Å². The van der Waals surface area contributed by atoms with Crippen LogP contribution in [0, 0.1) is 17.7 Å². The van der Waals surface area contributed by atoms with Crippen molar-refractivity contribution in [1.82, 2.24) is 9.97 Å². The quantitative estimate of drug-likeness (QED) is 0.571. The summed E-state index contributed by atoms with van der Waals surface area (Å²) in [5.74, 6) is 5.46. The molecule has 0 atom stereocenters. The molecule has 0 aliphatic rings. The maximum absolute atomic E-state index is 13.5. The number of benzene rings is 2. The minimum atomic E-state index is -0.318. The van der Waals surface area contributed by atoms with Gasteiger partial charge in [0.25, 0.3) is 0 Å². The molecule has 0 amide bonds. The molecule has 1 heterocycles. The van der Waals surface area contributed by atoms with Gasteiger partial charge in [-0.05, 0) is 24.3 Å². The van der Waals surface area contributed by atoms with Crippen LogP contribution in [-0.4, -0.2) is 9.97 Å². The first-order valence-electron chi connectivity index (χ1n) is 5.81. The van der Waals surface area contributed by atoms with Gasteiger partial charge in [-0.3, -0.25) is 9.97 Å². The van der Waals surface area contributed by atoms with E-state index in [-0.39, 0.29) is 5.82 Å². The molecule has 0 fully saturated rings. The van der Waals surface area contributed by atoms with E-state index in [4.69, 9.17) is 0 Å². The Balaban J connectivity index is 2.11. The van der Waals surface area contributed by atoms with Crippen LogP contribution >= 0.6 is 0 Å². The normalized spacial score (nSPS) is 9.95. The number of rotatable bonds is 0. The number of fused-ring (bicyclic) bond motifs is 1. The third kappa shape index (κ3) is 2.29. The number of para-hydroxylation sites is 1. The number of nitrogens with zero attached hydrogens (tertiary/aromatic N) is 2. The summed E-state index contributed by atoms with van der Waals surface area (Å²) in [6.45, 7) is 0. The molecular formula is C16H9FN2. The topological polar surface area (TPSA) is 25.8 Å². The first-order valence-corrected chi connectivity index (χ1v) is 5.81. The molecule has 2 nitrogen and oxygen atoms in total. The third-order valence-corrected chi connectivity index (χ3v) is 2.70. The average molecular weight is 248 g/mol. The largest absolute Gasteiger partial charge is 0.253 e. The predicted octanol–water partition coefficient (Wildman–Crippen LogP) is 3.17. The summed E-state index contributed by atoms with van der Waals surface area (Å²) in [5.41, 5.74) is 2.63. The molecule has 0 saturated heterocycles. The second-order valence-corrected chi connectivity index (χ2v) is 3.96. The van der Waals surface area contributed by atoms with Gasteiger partial charge in [0.1, 0.15) is 11.3 Å². The van der Waals surface area contributed by atoms with Gasteiger partial charge in [0.15, 0.2) is 0 Å². The molecule has 0 spiro atoms. The Morgan fingerprint density at radius 1 is 0.789 bits per heavy atom. The van der Waals surface area contributed by atoms with Gasteiger partial charge in [-0.25, -0.2) is 4.39 Å². The summed E-state index contributed by atoms with van der Waals surface area (Å²) >= 11 is 0. The molecule has 90 valence electrons.